The number of hydrogen-bond acceptors (Lipinski definition) is 3. The summed E-state index contributed by atoms with van der Waals surface area (Å²) in [6, 6.07) is 2.11. The van der Waals surface area contributed by atoms with Crippen molar-refractivity contribution in [2.75, 3.05) is 13.1 Å². The first kappa shape index (κ1) is 13.1. The molecular formula is C11H20N4S. The summed E-state index contributed by atoms with van der Waals surface area (Å²) in [5.74, 6) is 0. The fourth-order valence-corrected chi connectivity index (χ4v) is 1.75. The van der Waals surface area contributed by atoms with Crippen molar-refractivity contribution in [3.05, 3.63) is 17.5 Å². The molecule has 1 aromatic rings. The third kappa shape index (κ3) is 3.90. The van der Waals surface area contributed by atoms with E-state index in [1.54, 1.807) is 0 Å². The molecule has 90 valence electrons. The molecule has 0 unspecified atom stereocenters. The molecule has 1 heterocycles. The number of thiocarbonyl (C=S) groups is 1. The Morgan fingerprint density at radius 2 is 2.31 bits per heavy atom. The molecule has 0 fully saturated rings. The van der Waals surface area contributed by atoms with Gasteiger partial charge in [0.25, 0.3) is 0 Å². The molecule has 0 bridgehead atoms. The van der Waals surface area contributed by atoms with E-state index in [-0.39, 0.29) is 0 Å². The van der Waals surface area contributed by atoms with Crippen molar-refractivity contribution >= 4 is 17.2 Å². The van der Waals surface area contributed by atoms with Crippen LogP contribution in [0.4, 0.5) is 0 Å². The quantitative estimate of drug-likeness (QED) is 0.760. The van der Waals surface area contributed by atoms with Crippen LogP contribution in [0.25, 0.3) is 0 Å². The van der Waals surface area contributed by atoms with Gasteiger partial charge in [-0.25, -0.2) is 0 Å². The third-order valence-corrected chi connectivity index (χ3v) is 2.81. The highest BCUT2D eigenvalue weighted by Gasteiger charge is 2.08. The predicted molar refractivity (Wildman–Crippen MR) is 70.3 cm³/mol. The molecule has 0 aliphatic rings. The highest BCUT2D eigenvalue weighted by molar-refractivity contribution is 7.80. The fraction of sp³-hybridized carbons (Fsp3) is 0.636. The summed E-state index contributed by atoms with van der Waals surface area (Å²) in [5, 5.41) is 4.33. The second-order valence-corrected chi connectivity index (χ2v) is 4.51. The number of hydrogen-bond donors (Lipinski definition) is 1. The van der Waals surface area contributed by atoms with Crippen molar-refractivity contribution in [3.8, 4) is 0 Å². The van der Waals surface area contributed by atoms with Gasteiger partial charge in [-0.3, -0.25) is 9.58 Å². The standard InChI is InChI=1S/C11H20N4S/c1-4-15(6-5-11(12)16)8-10-7-9(2)13-14(10)3/h7H,4-6,8H2,1-3H3,(H2,12,16). The molecule has 2 N–H and O–H groups in total. The largest absolute Gasteiger partial charge is 0.393 e. The summed E-state index contributed by atoms with van der Waals surface area (Å²) in [4.78, 5) is 2.90. The lowest BCUT2D eigenvalue weighted by molar-refractivity contribution is 0.280. The molecule has 0 aromatic carbocycles. The monoisotopic (exact) mass is 240 g/mol. The minimum absolute atomic E-state index is 0.583. The lowest BCUT2D eigenvalue weighted by atomic mass is 10.3. The summed E-state index contributed by atoms with van der Waals surface area (Å²) in [5.41, 5.74) is 7.79. The van der Waals surface area contributed by atoms with E-state index in [0.717, 1.165) is 31.7 Å². The van der Waals surface area contributed by atoms with Gasteiger partial charge in [0.1, 0.15) is 0 Å². The van der Waals surface area contributed by atoms with Gasteiger partial charge in [0, 0.05) is 26.6 Å². The maximum absolute atomic E-state index is 5.51. The smallest absolute Gasteiger partial charge is 0.0740 e. The van der Waals surface area contributed by atoms with E-state index >= 15 is 0 Å². The minimum Gasteiger partial charge on any atom is -0.393 e. The van der Waals surface area contributed by atoms with E-state index in [1.807, 2.05) is 18.7 Å². The molecule has 0 spiro atoms. The molecule has 1 aromatic heterocycles. The van der Waals surface area contributed by atoms with Crippen LogP contribution in [0.5, 0.6) is 0 Å². The van der Waals surface area contributed by atoms with E-state index in [4.69, 9.17) is 18.0 Å². The van der Waals surface area contributed by atoms with Crippen molar-refractivity contribution in [1.82, 2.24) is 14.7 Å². The van der Waals surface area contributed by atoms with E-state index in [9.17, 15) is 0 Å². The van der Waals surface area contributed by atoms with Gasteiger partial charge in [-0.15, -0.1) is 0 Å². The van der Waals surface area contributed by atoms with Crippen LogP contribution in [0.2, 0.25) is 0 Å². The Hall–Kier alpha value is -0.940. The molecule has 1 rings (SSSR count). The lowest BCUT2D eigenvalue weighted by Crippen LogP contribution is -2.28. The first-order chi connectivity index (χ1) is 7.52. The van der Waals surface area contributed by atoms with Gasteiger partial charge in [-0.1, -0.05) is 19.1 Å². The van der Waals surface area contributed by atoms with Crippen LogP contribution < -0.4 is 5.73 Å². The number of nitrogens with zero attached hydrogens (tertiary/aromatic N) is 3. The van der Waals surface area contributed by atoms with Crippen LogP contribution in [0.1, 0.15) is 24.7 Å². The highest BCUT2D eigenvalue weighted by Crippen LogP contribution is 2.06. The third-order valence-electron chi connectivity index (χ3n) is 2.61. The maximum atomic E-state index is 5.51. The Labute approximate surface area is 102 Å². The van der Waals surface area contributed by atoms with Crippen molar-refractivity contribution in [2.45, 2.75) is 26.8 Å². The molecule has 16 heavy (non-hydrogen) atoms. The summed E-state index contributed by atoms with van der Waals surface area (Å²) >= 11 is 4.89. The van der Waals surface area contributed by atoms with Crippen LogP contribution in [-0.2, 0) is 13.6 Å². The topological polar surface area (TPSA) is 47.1 Å². The van der Waals surface area contributed by atoms with Crippen molar-refractivity contribution in [3.63, 3.8) is 0 Å². The highest BCUT2D eigenvalue weighted by atomic mass is 32.1. The van der Waals surface area contributed by atoms with E-state index in [0.29, 0.717) is 4.99 Å². The molecule has 4 nitrogen and oxygen atoms in total. The van der Waals surface area contributed by atoms with Crippen LogP contribution >= 0.6 is 12.2 Å². The molecule has 0 saturated heterocycles. The molecule has 0 radical (unpaired) electrons. The normalized spacial score (nSPS) is 11.0. The SMILES string of the molecule is CCN(CCC(N)=S)Cc1cc(C)nn1C. The van der Waals surface area contributed by atoms with Gasteiger partial charge in [-0.05, 0) is 19.5 Å². The van der Waals surface area contributed by atoms with Gasteiger partial charge in [-0.2, -0.15) is 5.10 Å². The van der Waals surface area contributed by atoms with E-state index in [1.165, 1.54) is 5.69 Å². The van der Waals surface area contributed by atoms with E-state index < -0.39 is 0 Å². The first-order valence-corrected chi connectivity index (χ1v) is 5.94. The minimum atomic E-state index is 0.583. The molecule has 0 saturated carbocycles. The van der Waals surface area contributed by atoms with Gasteiger partial charge in [0.2, 0.25) is 0 Å². The van der Waals surface area contributed by atoms with Gasteiger partial charge < -0.3 is 5.73 Å². The zero-order valence-corrected chi connectivity index (χ0v) is 11.0. The van der Waals surface area contributed by atoms with Crippen molar-refractivity contribution in [1.29, 1.82) is 0 Å². The van der Waals surface area contributed by atoms with Crippen LogP contribution in [-0.4, -0.2) is 32.8 Å². The van der Waals surface area contributed by atoms with Crippen LogP contribution in [0.15, 0.2) is 6.07 Å². The summed E-state index contributed by atoms with van der Waals surface area (Å²) in [7, 11) is 1.98. The number of aryl methyl sites for hydroxylation is 2. The fourth-order valence-electron chi connectivity index (χ4n) is 1.66. The van der Waals surface area contributed by atoms with Crippen molar-refractivity contribution < 1.29 is 0 Å². The number of rotatable bonds is 6. The Kier molecular flexibility index (Phi) is 4.89. The molecule has 5 heteroatoms. The van der Waals surface area contributed by atoms with Gasteiger partial charge in [0.05, 0.1) is 16.4 Å². The predicted octanol–water partition coefficient (Wildman–Crippen LogP) is 1.23. The average Bonchev–Trinajstić information content (AvgIpc) is 2.51. The molecular weight excluding hydrogens is 220 g/mol. The van der Waals surface area contributed by atoms with Gasteiger partial charge >= 0.3 is 0 Å². The molecule has 0 aliphatic heterocycles. The Bertz CT molecular complexity index is 359. The zero-order chi connectivity index (χ0) is 12.1. The zero-order valence-electron chi connectivity index (χ0n) is 10.2. The number of nitrogens with two attached hydrogens (primary N) is 1. The summed E-state index contributed by atoms with van der Waals surface area (Å²) < 4.78 is 1.93. The number of aromatic nitrogens is 2. The second kappa shape index (κ2) is 5.96. The average molecular weight is 240 g/mol. The summed E-state index contributed by atoms with van der Waals surface area (Å²) in [6.45, 7) is 6.96. The second-order valence-electron chi connectivity index (χ2n) is 3.99. The molecule has 0 aliphatic carbocycles. The van der Waals surface area contributed by atoms with Crippen LogP contribution in [0, 0.1) is 6.92 Å². The van der Waals surface area contributed by atoms with Crippen LogP contribution in [0.3, 0.4) is 0 Å². The Morgan fingerprint density at radius 1 is 1.62 bits per heavy atom. The van der Waals surface area contributed by atoms with E-state index in [2.05, 4.69) is 23.0 Å². The van der Waals surface area contributed by atoms with Gasteiger partial charge in [0.15, 0.2) is 0 Å². The Balaban J connectivity index is 2.56. The Morgan fingerprint density at radius 3 is 2.75 bits per heavy atom. The van der Waals surface area contributed by atoms with Crippen molar-refractivity contribution in [2.24, 2.45) is 12.8 Å². The first-order valence-electron chi connectivity index (χ1n) is 5.53. The molecule has 0 atom stereocenters. The lowest BCUT2D eigenvalue weighted by Gasteiger charge is -2.19. The molecule has 0 amide bonds. The summed E-state index contributed by atoms with van der Waals surface area (Å²) in [6.07, 6.45) is 0.778. The maximum Gasteiger partial charge on any atom is 0.0740 e.